The monoisotopic (exact) mass is 416 g/mol. The normalized spacial score (nSPS) is 14.3. The maximum Gasteiger partial charge on any atom is 0.255 e. The fraction of sp³-hybridized carbons (Fsp3) is 0.300. The number of rotatable bonds is 4. The van der Waals surface area contributed by atoms with Crippen molar-refractivity contribution in [2.24, 2.45) is 0 Å². The van der Waals surface area contributed by atoms with Crippen LogP contribution in [0.2, 0.25) is 0 Å². The molecule has 3 rings (SSSR count). The molecule has 0 N–H and O–H groups in total. The standard InChI is InChI=1S/C20H21BrN2O3/c1-14(24)15-3-5-16(6-4-15)22-9-11-23(12-10-22)20(25)18-13-17(26-2)7-8-19(18)21/h3-8,13H,9-12H2,1-2H3. The molecule has 5 nitrogen and oxygen atoms in total. The second kappa shape index (κ2) is 7.91. The molecule has 1 amide bonds. The van der Waals surface area contributed by atoms with E-state index in [0.717, 1.165) is 23.2 Å². The van der Waals surface area contributed by atoms with Gasteiger partial charge in [0.05, 0.1) is 12.7 Å². The first-order valence-corrected chi connectivity index (χ1v) is 9.27. The van der Waals surface area contributed by atoms with Crippen LogP contribution in [-0.4, -0.2) is 49.9 Å². The molecule has 2 aromatic rings. The molecule has 0 atom stereocenters. The van der Waals surface area contributed by atoms with E-state index in [-0.39, 0.29) is 11.7 Å². The van der Waals surface area contributed by atoms with Crippen LogP contribution in [0, 0.1) is 0 Å². The maximum atomic E-state index is 12.8. The lowest BCUT2D eigenvalue weighted by atomic mass is 10.1. The number of ether oxygens (including phenoxy) is 1. The number of amides is 1. The van der Waals surface area contributed by atoms with Gasteiger partial charge >= 0.3 is 0 Å². The highest BCUT2D eigenvalue weighted by atomic mass is 79.9. The third kappa shape index (κ3) is 3.90. The highest BCUT2D eigenvalue weighted by Crippen LogP contribution is 2.25. The summed E-state index contributed by atoms with van der Waals surface area (Å²) in [4.78, 5) is 28.3. The fourth-order valence-corrected chi connectivity index (χ4v) is 3.46. The number of carbonyl (C=O) groups excluding carboxylic acids is 2. The molecule has 0 aliphatic carbocycles. The van der Waals surface area contributed by atoms with E-state index in [4.69, 9.17) is 4.74 Å². The van der Waals surface area contributed by atoms with Gasteiger partial charge in [0.25, 0.3) is 5.91 Å². The van der Waals surface area contributed by atoms with Crippen molar-refractivity contribution in [2.75, 3.05) is 38.2 Å². The number of piperazine rings is 1. The van der Waals surface area contributed by atoms with Crippen LogP contribution in [0.5, 0.6) is 5.75 Å². The molecule has 0 spiro atoms. The van der Waals surface area contributed by atoms with Crippen LogP contribution in [0.1, 0.15) is 27.6 Å². The number of benzene rings is 2. The van der Waals surface area contributed by atoms with Gasteiger partial charge in [0.15, 0.2) is 5.78 Å². The van der Waals surface area contributed by atoms with E-state index < -0.39 is 0 Å². The number of Topliss-reactive ketones (excluding diaryl/α,β-unsaturated/α-hetero) is 1. The fourth-order valence-electron chi connectivity index (χ4n) is 3.04. The Morgan fingerprint density at radius 1 is 1.00 bits per heavy atom. The van der Waals surface area contributed by atoms with Crippen molar-refractivity contribution in [3.8, 4) is 5.75 Å². The topological polar surface area (TPSA) is 49.9 Å². The van der Waals surface area contributed by atoms with Gasteiger partial charge in [-0.3, -0.25) is 9.59 Å². The molecule has 1 aliphatic heterocycles. The zero-order chi connectivity index (χ0) is 18.7. The van der Waals surface area contributed by atoms with Gasteiger partial charge in [-0.15, -0.1) is 0 Å². The molecule has 1 saturated heterocycles. The Balaban J connectivity index is 1.66. The summed E-state index contributed by atoms with van der Waals surface area (Å²) in [5.74, 6) is 0.735. The van der Waals surface area contributed by atoms with Gasteiger partial charge in [-0.2, -0.15) is 0 Å². The van der Waals surface area contributed by atoms with Crippen LogP contribution in [0.25, 0.3) is 0 Å². The smallest absolute Gasteiger partial charge is 0.255 e. The van der Waals surface area contributed by atoms with Crippen molar-refractivity contribution in [3.63, 3.8) is 0 Å². The molecule has 1 heterocycles. The van der Waals surface area contributed by atoms with E-state index in [1.807, 2.05) is 41.3 Å². The van der Waals surface area contributed by atoms with Gasteiger partial charge in [0.1, 0.15) is 5.75 Å². The predicted molar refractivity (Wildman–Crippen MR) is 105 cm³/mol. The number of hydrogen-bond donors (Lipinski definition) is 0. The minimum Gasteiger partial charge on any atom is -0.497 e. The Labute approximate surface area is 161 Å². The van der Waals surface area contributed by atoms with Gasteiger partial charge < -0.3 is 14.5 Å². The molecule has 6 heteroatoms. The van der Waals surface area contributed by atoms with Crippen molar-refractivity contribution in [2.45, 2.75) is 6.92 Å². The second-order valence-electron chi connectivity index (χ2n) is 6.23. The Morgan fingerprint density at radius 2 is 1.65 bits per heavy atom. The van der Waals surface area contributed by atoms with E-state index in [2.05, 4.69) is 20.8 Å². The van der Waals surface area contributed by atoms with Crippen LogP contribution < -0.4 is 9.64 Å². The summed E-state index contributed by atoms with van der Waals surface area (Å²) in [6, 6.07) is 13.0. The van der Waals surface area contributed by atoms with Gasteiger partial charge in [-0.25, -0.2) is 0 Å². The van der Waals surface area contributed by atoms with Crippen molar-refractivity contribution in [3.05, 3.63) is 58.1 Å². The average Bonchev–Trinajstić information content (AvgIpc) is 2.68. The third-order valence-corrected chi connectivity index (χ3v) is 5.30. The summed E-state index contributed by atoms with van der Waals surface area (Å²) < 4.78 is 5.99. The van der Waals surface area contributed by atoms with Gasteiger partial charge in [-0.05, 0) is 65.3 Å². The number of hydrogen-bond acceptors (Lipinski definition) is 4. The van der Waals surface area contributed by atoms with Crippen LogP contribution >= 0.6 is 15.9 Å². The summed E-state index contributed by atoms with van der Waals surface area (Å²) in [5, 5.41) is 0. The first kappa shape index (κ1) is 18.5. The minimum atomic E-state index is 0.00218. The Morgan fingerprint density at radius 3 is 2.23 bits per heavy atom. The maximum absolute atomic E-state index is 12.8. The third-order valence-electron chi connectivity index (χ3n) is 4.61. The van der Waals surface area contributed by atoms with Crippen molar-refractivity contribution >= 4 is 33.3 Å². The molecule has 1 aliphatic rings. The lowest BCUT2D eigenvalue weighted by Gasteiger charge is -2.36. The van der Waals surface area contributed by atoms with Crippen molar-refractivity contribution in [1.82, 2.24) is 4.90 Å². The van der Waals surface area contributed by atoms with E-state index in [9.17, 15) is 9.59 Å². The van der Waals surface area contributed by atoms with Crippen molar-refractivity contribution in [1.29, 1.82) is 0 Å². The second-order valence-corrected chi connectivity index (χ2v) is 7.08. The molecular formula is C20H21BrN2O3. The predicted octanol–water partition coefficient (Wildman–Crippen LogP) is 3.62. The summed E-state index contributed by atoms with van der Waals surface area (Å²) in [6.45, 7) is 4.38. The molecule has 0 bridgehead atoms. The largest absolute Gasteiger partial charge is 0.497 e. The SMILES string of the molecule is COc1ccc(Br)c(C(=O)N2CCN(c3ccc(C(C)=O)cc3)CC2)c1. The molecule has 0 radical (unpaired) electrons. The van der Waals surface area contributed by atoms with Gasteiger partial charge in [0, 0.05) is 41.9 Å². The van der Waals surface area contributed by atoms with Crippen LogP contribution in [0.4, 0.5) is 5.69 Å². The zero-order valence-electron chi connectivity index (χ0n) is 14.9. The molecule has 2 aromatic carbocycles. The van der Waals surface area contributed by atoms with E-state index in [1.54, 1.807) is 20.1 Å². The molecule has 1 fully saturated rings. The average molecular weight is 417 g/mol. The van der Waals surface area contributed by atoms with E-state index in [0.29, 0.717) is 30.0 Å². The van der Waals surface area contributed by atoms with E-state index in [1.165, 1.54) is 0 Å². The highest BCUT2D eigenvalue weighted by molar-refractivity contribution is 9.10. The van der Waals surface area contributed by atoms with Gasteiger partial charge in [-0.1, -0.05) is 0 Å². The Kier molecular flexibility index (Phi) is 5.61. The van der Waals surface area contributed by atoms with Crippen LogP contribution in [0.15, 0.2) is 46.9 Å². The summed E-state index contributed by atoms with van der Waals surface area (Å²) in [7, 11) is 1.59. The highest BCUT2D eigenvalue weighted by Gasteiger charge is 2.24. The quantitative estimate of drug-likeness (QED) is 0.714. The minimum absolute atomic E-state index is 0.00218. The number of nitrogens with zero attached hydrogens (tertiary/aromatic N) is 2. The molecular weight excluding hydrogens is 396 g/mol. The first-order chi connectivity index (χ1) is 12.5. The number of carbonyl (C=O) groups is 2. The lowest BCUT2D eigenvalue weighted by Crippen LogP contribution is -2.48. The molecule has 26 heavy (non-hydrogen) atoms. The number of anilines is 1. The number of methoxy groups -OCH3 is 1. The van der Waals surface area contributed by atoms with Gasteiger partial charge in [0.2, 0.25) is 0 Å². The molecule has 0 aromatic heterocycles. The summed E-state index contributed by atoms with van der Waals surface area (Å²) in [6.07, 6.45) is 0. The number of halogens is 1. The molecule has 0 unspecified atom stereocenters. The lowest BCUT2D eigenvalue weighted by molar-refractivity contribution is 0.0745. The Hall–Kier alpha value is -2.34. The van der Waals surface area contributed by atoms with E-state index >= 15 is 0 Å². The molecule has 0 saturated carbocycles. The Bertz CT molecular complexity index is 812. The number of ketones is 1. The summed E-state index contributed by atoms with van der Waals surface area (Å²) >= 11 is 3.45. The zero-order valence-corrected chi connectivity index (χ0v) is 16.5. The summed E-state index contributed by atoms with van der Waals surface area (Å²) in [5.41, 5.74) is 2.40. The van der Waals surface area contributed by atoms with Crippen LogP contribution in [-0.2, 0) is 0 Å². The van der Waals surface area contributed by atoms with Crippen molar-refractivity contribution < 1.29 is 14.3 Å². The van der Waals surface area contributed by atoms with Crippen LogP contribution in [0.3, 0.4) is 0 Å². The first-order valence-electron chi connectivity index (χ1n) is 8.48. The molecule has 136 valence electrons.